The zero-order chi connectivity index (χ0) is 53.6. The Labute approximate surface area is 454 Å². The molecule has 6 nitrogen and oxygen atoms in total. The Hall–Kier alpha value is -4.97. The summed E-state index contributed by atoms with van der Waals surface area (Å²) in [5.74, 6) is -0.998. The van der Waals surface area contributed by atoms with Crippen LogP contribution in [0.15, 0.2) is 158 Å². The Morgan fingerprint density at radius 3 is 0.851 bits per heavy atom. The first-order valence-corrected chi connectivity index (χ1v) is 29.5. The second kappa shape index (κ2) is 60.6. The maximum Gasteiger partial charge on any atom is 0.306 e. The summed E-state index contributed by atoms with van der Waals surface area (Å²) < 4.78 is 16.8. The maximum absolute atomic E-state index is 12.8. The van der Waals surface area contributed by atoms with Gasteiger partial charge in [-0.2, -0.15) is 0 Å². The quantitative estimate of drug-likeness (QED) is 0.0261. The molecule has 0 aliphatic rings. The number of allylic oxidation sites excluding steroid dienone is 26. The number of rotatable bonds is 51. The zero-order valence-electron chi connectivity index (χ0n) is 47.3. The minimum Gasteiger partial charge on any atom is -0.462 e. The standard InChI is InChI=1S/C68H106O6/c1-4-7-10-13-16-19-22-25-28-29-30-31-32-33-34-35-36-37-38-39-41-43-46-49-52-55-58-61-67(70)73-64-65(63-72-66(69)60-57-54-51-48-45-42-27-24-21-18-15-12-9-6-3)74-68(71)62-59-56-53-50-47-44-40-26-23-20-17-14-11-8-5-2/h7-8,10-11,15-20,24-28,30-31,33-34,36-37,39-41,47,50,65H,4-6,9,12-14,21-23,29,32,35,38,42-46,48-49,51-64H2,1-3H3/b10-7-,11-8-,18-15-,19-16-,20-17-,27-24-,28-25-,31-30-,34-33-,37-36-,40-26-,41-39-,50-47-. The molecule has 414 valence electrons. The number of unbranched alkanes of at least 4 members (excludes halogenated alkanes) is 14. The van der Waals surface area contributed by atoms with E-state index < -0.39 is 6.10 Å². The first-order chi connectivity index (χ1) is 36.5. The molecule has 0 rings (SSSR count). The summed E-state index contributed by atoms with van der Waals surface area (Å²) in [4.78, 5) is 38.2. The Bertz CT molecular complexity index is 1690. The summed E-state index contributed by atoms with van der Waals surface area (Å²) in [5, 5.41) is 0. The van der Waals surface area contributed by atoms with Crippen LogP contribution >= 0.6 is 0 Å². The molecule has 0 bridgehead atoms. The van der Waals surface area contributed by atoms with Gasteiger partial charge in [0.15, 0.2) is 6.10 Å². The van der Waals surface area contributed by atoms with Crippen molar-refractivity contribution in [2.45, 2.75) is 239 Å². The highest BCUT2D eigenvalue weighted by Crippen LogP contribution is 2.12. The second-order valence-electron chi connectivity index (χ2n) is 18.8. The van der Waals surface area contributed by atoms with E-state index in [1.54, 1.807) is 0 Å². The van der Waals surface area contributed by atoms with Crippen LogP contribution in [-0.4, -0.2) is 37.2 Å². The van der Waals surface area contributed by atoms with Crippen molar-refractivity contribution in [3.8, 4) is 0 Å². The molecule has 0 amide bonds. The van der Waals surface area contributed by atoms with Gasteiger partial charge < -0.3 is 14.2 Å². The van der Waals surface area contributed by atoms with Crippen LogP contribution in [0, 0.1) is 0 Å². The first-order valence-electron chi connectivity index (χ1n) is 29.5. The number of ether oxygens (including phenoxy) is 3. The summed E-state index contributed by atoms with van der Waals surface area (Å²) in [6, 6.07) is 0. The van der Waals surface area contributed by atoms with Gasteiger partial charge in [0.25, 0.3) is 0 Å². The van der Waals surface area contributed by atoms with Crippen LogP contribution < -0.4 is 0 Å². The van der Waals surface area contributed by atoms with E-state index in [4.69, 9.17) is 14.2 Å². The van der Waals surface area contributed by atoms with E-state index in [1.165, 1.54) is 19.3 Å². The lowest BCUT2D eigenvalue weighted by Crippen LogP contribution is -2.30. The van der Waals surface area contributed by atoms with Crippen molar-refractivity contribution in [3.05, 3.63) is 158 Å². The molecule has 1 unspecified atom stereocenters. The monoisotopic (exact) mass is 1020 g/mol. The molecule has 0 aromatic rings. The lowest BCUT2D eigenvalue weighted by atomic mass is 10.1. The zero-order valence-corrected chi connectivity index (χ0v) is 47.3. The molecule has 0 fully saturated rings. The Morgan fingerprint density at radius 2 is 0.527 bits per heavy atom. The van der Waals surface area contributed by atoms with Gasteiger partial charge in [-0.25, -0.2) is 0 Å². The van der Waals surface area contributed by atoms with Crippen LogP contribution in [0.5, 0.6) is 0 Å². The van der Waals surface area contributed by atoms with Gasteiger partial charge in [-0.15, -0.1) is 0 Å². The van der Waals surface area contributed by atoms with Crippen LogP contribution in [0.25, 0.3) is 0 Å². The topological polar surface area (TPSA) is 78.9 Å². The molecule has 0 radical (unpaired) electrons. The highest BCUT2D eigenvalue weighted by molar-refractivity contribution is 5.71. The van der Waals surface area contributed by atoms with Crippen molar-refractivity contribution in [1.82, 2.24) is 0 Å². The van der Waals surface area contributed by atoms with Gasteiger partial charge in [-0.05, 0) is 141 Å². The van der Waals surface area contributed by atoms with Crippen LogP contribution in [0.1, 0.15) is 233 Å². The normalized spacial score (nSPS) is 13.3. The molecule has 0 aliphatic heterocycles. The molecule has 0 N–H and O–H groups in total. The Kier molecular flexibility index (Phi) is 56.5. The number of esters is 3. The van der Waals surface area contributed by atoms with Crippen molar-refractivity contribution >= 4 is 17.9 Å². The van der Waals surface area contributed by atoms with Crippen molar-refractivity contribution < 1.29 is 28.6 Å². The van der Waals surface area contributed by atoms with E-state index in [0.717, 1.165) is 167 Å². The number of hydrogen-bond acceptors (Lipinski definition) is 6. The van der Waals surface area contributed by atoms with Gasteiger partial charge in [-0.1, -0.05) is 230 Å². The molecule has 0 aliphatic carbocycles. The molecule has 0 saturated carbocycles. The van der Waals surface area contributed by atoms with Gasteiger partial charge in [0.2, 0.25) is 0 Å². The fraction of sp³-hybridized carbons (Fsp3) is 0.574. The molecule has 0 heterocycles. The van der Waals surface area contributed by atoms with Crippen molar-refractivity contribution in [3.63, 3.8) is 0 Å². The van der Waals surface area contributed by atoms with E-state index in [0.29, 0.717) is 19.3 Å². The summed E-state index contributed by atoms with van der Waals surface area (Å²) in [7, 11) is 0. The molecule has 0 saturated heterocycles. The molecule has 6 heteroatoms. The average molecular weight is 1020 g/mol. The minimum absolute atomic E-state index is 0.115. The third-order valence-electron chi connectivity index (χ3n) is 11.7. The van der Waals surface area contributed by atoms with Gasteiger partial charge in [0.05, 0.1) is 0 Å². The molecule has 0 spiro atoms. The van der Waals surface area contributed by atoms with E-state index in [1.807, 2.05) is 0 Å². The molecule has 0 aromatic heterocycles. The van der Waals surface area contributed by atoms with Gasteiger partial charge in [0.1, 0.15) is 13.2 Å². The van der Waals surface area contributed by atoms with E-state index >= 15 is 0 Å². The minimum atomic E-state index is -0.822. The molecular formula is C68H106O6. The van der Waals surface area contributed by atoms with Crippen molar-refractivity contribution in [1.29, 1.82) is 0 Å². The Morgan fingerprint density at radius 1 is 0.284 bits per heavy atom. The second-order valence-corrected chi connectivity index (χ2v) is 18.8. The smallest absolute Gasteiger partial charge is 0.306 e. The van der Waals surface area contributed by atoms with Gasteiger partial charge in [-0.3, -0.25) is 14.4 Å². The lowest BCUT2D eigenvalue weighted by Gasteiger charge is -2.18. The van der Waals surface area contributed by atoms with Gasteiger partial charge in [0, 0.05) is 19.3 Å². The van der Waals surface area contributed by atoms with E-state index in [-0.39, 0.29) is 37.5 Å². The molecular weight excluding hydrogens is 913 g/mol. The van der Waals surface area contributed by atoms with E-state index in [9.17, 15) is 14.4 Å². The summed E-state index contributed by atoms with van der Waals surface area (Å²) >= 11 is 0. The fourth-order valence-electron chi connectivity index (χ4n) is 7.37. The van der Waals surface area contributed by atoms with Crippen LogP contribution in [0.3, 0.4) is 0 Å². The largest absolute Gasteiger partial charge is 0.462 e. The highest BCUT2D eigenvalue weighted by Gasteiger charge is 2.19. The van der Waals surface area contributed by atoms with E-state index in [2.05, 4.69) is 179 Å². The summed E-state index contributed by atoms with van der Waals surface area (Å²) in [6.45, 7) is 6.29. The third-order valence-corrected chi connectivity index (χ3v) is 11.7. The average Bonchev–Trinajstić information content (AvgIpc) is 3.40. The number of carbonyl (C=O) groups excluding carboxylic acids is 3. The van der Waals surface area contributed by atoms with Crippen LogP contribution in [-0.2, 0) is 28.6 Å². The fourth-order valence-corrected chi connectivity index (χ4v) is 7.37. The molecule has 74 heavy (non-hydrogen) atoms. The SMILES string of the molecule is CC/C=C\C/C=C\C/C=C\C/C=C\C/C=C\C/C=C\C/C=C\CCCCCCCC(=O)OCC(COC(=O)CCCCCCC/C=C\C/C=C\CCCC)OC(=O)CCCC/C=C\C/C=C\C/C=C\C/C=C\CC. The summed E-state index contributed by atoms with van der Waals surface area (Å²) in [5.41, 5.74) is 0. The highest BCUT2D eigenvalue weighted by atomic mass is 16.6. The third kappa shape index (κ3) is 57.9. The summed E-state index contributed by atoms with van der Waals surface area (Å²) in [6.07, 6.45) is 88.1. The number of hydrogen-bond donors (Lipinski definition) is 0. The van der Waals surface area contributed by atoms with Crippen LogP contribution in [0.2, 0.25) is 0 Å². The number of carbonyl (C=O) groups is 3. The van der Waals surface area contributed by atoms with Gasteiger partial charge >= 0.3 is 17.9 Å². The molecule has 0 aromatic carbocycles. The van der Waals surface area contributed by atoms with Crippen molar-refractivity contribution in [2.75, 3.05) is 13.2 Å². The maximum atomic E-state index is 12.8. The van der Waals surface area contributed by atoms with Crippen molar-refractivity contribution in [2.24, 2.45) is 0 Å². The lowest BCUT2D eigenvalue weighted by molar-refractivity contribution is -0.167. The van der Waals surface area contributed by atoms with Crippen LogP contribution in [0.4, 0.5) is 0 Å². The predicted octanol–water partition coefficient (Wildman–Crippen LogP) is 20.1. The predicted molar refractivity (Wildman–Crippen MR) is 320 cm³/mol. The first kappa shape index (κ1) is 69.0. The molecule has 1 atom stereocenters. The Balaban J connectivity index is 4.46.